The smallest absolute Gasteiger partial charge is 0.259 e. The number of H-pyrrole nitrogens is 1. The number of carbonyl (C=O) groups is 1. The van der Waals surface area contributed by atoms with Gasteiger partial charge in [-0.3, -0.25) is 9.59 Å². The lowest BCUT2D eigenvalue weighted by atomic mass is 10.0. The highest BCUT2D eigenvalue weighted by molar-refractivity contribution is 5.98. The van der Waals surface area contributed by atoms with E-state index in [1.807, 2.05) is 19.1 Å². The molecular formula is C32H35FN6O4. The summed E-state index contributed by atoms with van der Waals surface area (Å²) in [5.74, 6) is -0.0653. The predicted molar refractivity (Wildman–Crippen MR) is 164 cm³/mol. The van der Waals surface area contributed by atoms with Crippen molar-refractivity contribution in [3.63, 3.8) is 0 Å². The van der Waals surface area contributed by atoms with E-state index in [4.69, 9.17) is 4.74 Å². The molecule has 6 rings (SSSR count). The highest BCUT2D eigenvalue weighted by Crippen LogP contribution is 2.34. The van der Waals surface area contributed by atoms with Crippen LogP contribution in [0.3, 0.4) is 0 Å². The number of aromatic nitrogens is 3. The summed E-state index contributed by atoms with van der Waals surface area (Å²) in [6.45, 7) is 4.90. The molecule has 11 heteroatoms. The fourth-order valence-corrected chi connectivity index (χ4v) is 5.80. The molecule has 1 amide bonds. The molecule has 0 aliphatic carbocycles. The first-order valence-corrected chi connectivity index (χ1v) is 14.9. The molecule has 2 aliphatic heterocycles. The molecule has 2 aliphatic rings. The van der Waals surface area contributed by atoms with Gasteiger partial charge in [0.05, 0.1) is 52.4 Å². The molecule has 5 heterocycles. The Labute approximate surface area is 248 Å². The van der Waals surface area contributed by atoms with E-state index in [-0.39, 0.29) is 34.4 Å². The number of fused-ring (bicyclic) bond motifs is 1. The van der Waals surface area contributed by atoms with E-state index in [0.29, 0.717) is 60.7 Å². The molecule has 3 aromatic heterocycles. The SMILES string of the molecule is CCOc1cc(-c2cc(Nc3ccc(N4CCC(O)CC4)cn3)c3c(=O)[nH]ccc3n2)c(F)cc1C(=O)N1CCCCC1. The van der Waals surface area contributed by atoms with Crippen LogP contribution in [0.2, 0.25) is 0 Å². The Kier molecular flexibility index (Phi) is 8.24. The maximum absolute atomic E-state index is 15.8. The minimum Gasteiger partial charge on any atom is -0.493 e. The number of aliphatic hydroxyl groups is 1. The number of piperidine rings is 2. The second kappa shape index (κ2) is 12.4. The second-order valence-electron chi connectivity index (χ2n) is 11.0. The highest BCUT2D eigenvalue weighted by Gasteiger charge is 2.25. The topological polar surface area (TPSA) is 124 Å². The number of rotatable bonds is 7. The van der Waals surface area contributed by atoms with Crippen LogP contribution in [-0.4, -0.2) is 69.8 Å². The highest BCUT2D eigenvalue weighted by atomic mass is 19.1. The molecule has 0 spiro atoms. The molecule has 10 nitrogen and oxygen atoms in total. The Hall–Kier alpha value is -4.51. The normalized spacial score (nSPS) is 16.0. The van der Waals surface area contributed by atoms with Crippen LogP contribution in [0.5, 0.6) is 5.75 Å². The van der Waals surface area contributed by atoms with Gasteiger partial charge in [-0.2, -0.15) is 0 Å². The van der Waals surface area contributed by atoms with Gasteiger partial charge in [-0.05, 0) is 75.4 Å². The number of anilines is 3. The van der Waals surface area contributed by atoms with Gasteiger partial charge < -0.3 is 29.9 Å². The zero-order chi connectivity index (χ0) is 29.9. The molecule has 2 saturated heterocycles. The lowest BCUT2D eigenvalue weighted by Crippen LogP contribution is -2.35. The number of likely N-dealkylation sites (tertiary alicyclic amines) is 1. The Balaban J connectivity index is 1.36. The zero-order valence-corrected chi connectivity index (χ0v) is 24.1. The van der Waals surface area contributed by atoms with Crippen molar-refractivity contribution in [2.45, 2.75) is 45.1 Å². The molecule has 0 atom stereocenters. The van der Waals surface area contributed by atoms with E-state index in [2.05, 4.69) is 25.2 Å². The number of halogens is 1. The Morgan fingerprint density at radius 1 is 1.12 bits per heavy atom. The van der Waals surface area contributed by atoms with Gasteiger partial charge in [0.15, 0.2) is 0 Å². The maximum Gasteiger partial charge on any atom is 0.259 e. The zero-order valence-electron chi connectivity index (χ0n) is 24.1. The van der Waals surface area contributed by atoms with Gasteiger partial charge >= 0.3 is 0 Å². The standard InChI is InChI=1S/C32H35FN6O4/c1-2-43-28-17-22(24(33)16-23(28)32(42)39-12-4-3-5-13-39)26-18-27(30-25(36-26)8-11-34-31(30)41)37-29-7-6-20(19-35-29)38-14-9-21(40)10-15-38/h6-8,11,16-19,21,40H,2-5,9-10,12-15H2,1H3,(H,34,41)(H,35,36,37). The van der Waals surface area contributed by atoms with Gasteiger partial charge in [0, 0.05) is 37.9 Å². The van der Waals surface area contributed by atoms with Gasteiger partial charge in [-0.15, -0.1) is 0 Å². The van der Waals surface area contributed by atoms with Crippen molar-refractivity contribution in [1.29, 1.82) is 0 Å². The molecule has 0 saturated carbocycles. The molecule has 4 aromatic rings. The number of aliphatic hydroxyl groups excluding tert-OH is 1. The molecule has 2 fully saturated rings. The number of ether oxygens (including phenoxy) is 1. The summed E-state index contributed by atoms with van der Waals surface area (Å²) in [6.07, 6.45) is 7.33. The summed E-state index contributed by atoms with van der Waals surface area (Å²) in [7, 11) is 0. The lowest BCUT2D eigenvalue weighted by molar-refractivity contribution is 0.0719. The average molecular weight is 587 g/mol. The molecule has 224 valence electrons. The Morgan fingerprint density at radius 2 is 1.91 bits per heavy atom. The lowest BCUT2D eigenvalue weighted by Gasteiger charge is -2.31. The molecule has 0 unspecified atom stereocenters. The molecule has 3 N–H and O–H groups in total. The van der Waals surface area contributed by atoms with Crippen molar-refractivity contribution >= 4 is 34.0 Å². The summed E-state index contributed by atoms with van der Waals surface area (Å²) in [5, 5.41) is 13.3. The number of pyridine rings is 3. The van der Waals surface area contributed by atoms with Gasteiger partial charge in [-0.1, -0.05) is 0 Å². The monoisotopic (exact) mass is 586 g/mol. The third-order valence-corrected chi connectivity index (χ3v) is 8.09. The predicted octanol–water partition coefficient (Wildman–Crippen LogP) is 4.85. The second-order valence-corrected chi connectivity index (χ2v) is 11.0. The third-order valence-electron chi connectivity index (χ3n) is 8.09. The third kappa shape index (κ3) is 6.03. The maximum atomic E-state index is 15.8. The first kappa shape index (κ1) is 28.6. The summed E-state index contributed by atoms with van der Waals surface area (Å²) in [4.78, 5) is 42.0. The number of benzene rings is 1. The quantitative estimate of drug-likeness (QED) is 0.281. The van der Waals surface area contributed by atoms with Crippen molar-refractivity contribution < 1.29 is 19.0 Å². The van der Waals surface area contributed by atoms with E-state index in [0.717, 1.165) is 38.0 Å². The number of nitrogens with one attached hydrogen (secondary N) is 2. The number of carbonyl (C=O) groups excluding carboxylic acids is 1. The fraction of sp³-hybridized carbons (Fsp3) is 0.375. The van der Waals surface area contributed by atoms with Gasteiger partial charge in [0.25, 0.3) is 11.5 Å². The van der Waals surface area contributed by atoms with E-state index < -0.39 is 5.82 Å². The number of aromatic amines is 1. The van der Waals surface area contributed by atoms with Crippen LogP contribution in [0.1, 0.15) is 49.4 Å². The molecule has 43 heavy (non-hydrogen) atoms. The van der Waals surface area contributed by atoms with Crippen molar-refractivity contribution in [3.8, 4) is 17.0 Å². The van der Waals surface area contributed by atoms with Crippen LogP contribution in [0, 0.1) is 5.82 Å². The number of amides is 1. The summed E-state index contributed by atoms with van der Waals surface area (Å²) >= 11 is 0. The van der Waals surface area contributed by atoms with Crippen LogP contribution < -0.4 is 20.5 Å². The first-order valence-electron chi connectivity index (χ1n) is 14.9. The van der Waals surface area contributed by atoms with Gasteiger partial charge in [0.2, 0.25) is 0 Å². The largest absolute Gasteiger partial charge is 0.493 e. The number of hydrogen-bond donors (Lipinski definition) is 3. The van der Waals surface area contributed by atoms with E-state index in [9.17, 15) is 14.7 Å². The van der Waals surface area contributed by atoms with Crippen molar-refractivity contribution in [1.82, 2.24) is 19.9 Å². The molecule has 1 aromatic carbocycles. The summed E-state index contributed by atoms with van der Waals surface area (Å²) < 4.78 is 21.6. The first-order chi connectivity index (χ1) is 20.9. The van der Waals surface area contributed by atoms with Gasteiger partial charge in [-0.25, -0.2) is 14.4 Å². The van der Waals surface area contributed by atoms with Crippen molar-refractivity contribution in [3.05, 3.63) is 70.5 Å². The molecule has 0 radical (unpaired) electrons. The Bertz CT molecular complexity index is 1680. The van der Waals surface area contributed by atoms with E-state index in [1.54, 1.807) is 23.2 Å². The van der Waals surface area contributed by atoms with Crippen LogP contribution >= 0.6 is 0 Å². The fourth-order valence-electron chi connectivity index (χ4n) is 5.80. The van der Waals surface area contributed by atoms with E-state index in [1.165, 1.54) is 18.3 Å². The minimum absolute atomic E-state index is 0.152. The summed E-state index contributed by atoms with van der Waals surface area (Å²) in [6, 6.07) is 9.77. The number of hydrogen-bond acceptors (Lipinski definition) is 8. The average Bonchev–Trinajstić information content (AvgIpc) is 3.02. The molecular weight excluding hydrogens is 551 g/mol. The van der Waals surface area contributed by atoms with Gasteiger partial charge in [0.1, 0.15) is 17.4 Å². The van der Waals surface area contributed by atoms with Crippen LogP contribution in [0.4, 0.5) is 21.6 Å². The molecule has 0 bridgehead atoms. The Morgan fingerprint density at radius 3 is 2.63 bits per heavy atom. The van der Waals surface area contributed by atoms with Crippen LogP contribution in [-0.2, 0) is 0 Å². The number of nitrogens with zero attached hydrogens (tertiary/aromatic N) is 4. The summed E-state index contributed by atoms with van der Waals surface area (Å²) in [5.41, 5.74) is 2.00. The van der Waals surface area contributed by atoms with E-state index >= 15 is 4.39 Å². The minimum atomic E-state index is -0.611. The van der Waals surface area contributed by atoms with Crippen LogP contribution in [0.25, 0.3) is 22.2 Å². The van der Waals surface area contributed by atoms with Crippen molar-refractivity contribution in [2.24, 2.45) is 0 Å². The van der Waals surface area contributed by atoms with Crippen LogP contribution in [0.15, 0.2) is 53.6 Å². The van der Waals surface area contributed by atoms with Crippen molar-refractivity contribution in [2.75, 3.05) is 43.0 Å².